The average molecular weight is 248 g/mol. The van der Waals surface area contributed by atoms with Crippen LogP contribution in [0.1, 0.15) is 30.8 Å². The smallest absolute Gasteiger partial charge is 0.140 e. The number of hydrogen-bond acceptors (Lipinski definition) is 4. The molecule has 0 aromatic carbocycles. The number of ether oxygens (including phenoxy) is 2. The summed E-state index contributed by atoms with van der Waals surface area (Å²) >= 11 is 0. The van der Waals surface area contributed by atoms with E-state index in [-0.39, 0.29) is 0 Å². The summed E-state index contributed by atoms with van der Waals surface area (Å²) in [6.07, 6.45) is 0. The van der Waals surface area contributed by atoms with Gasteiger partial charge in [-0.15, -0.1) is 0 Å². The normalized spacial score (nSPS) is 10.4. The zero-order valence-corrected chi connectivity index (χ0v) is 11.5. The van der Waals surface area contributed by atoms with Crippen LogP contribution in [0.3, 0.4) is 0 Å². The predicted molar refractivity (Wildman–Crippen MR) is 69.6 cm³/mol. The molecule has 0 aliphatic heterocycles. The number of hydrogen-bond donors (Lipinski definition) is 0. The van der Waals surface area contributed by atoms with Crippen LogP contribution in [0.2, 0.25) is 0 Å². The largest absolute Gasteiger partial charge is 0.490 e. The maximum absolute atomic E-state index is 9.06. The Balaban J connectivity index is 2.54. The standard InChI is InChI=1S/C14H20N2O2/c1-10(2)9-17-5-6-18-14-7-11(3)16-12(4)13(14)8-15/h7,10H,5-6,9H2,1-4H3. The second-order valence-corrected chi connectivity index (χ2v) is 4.65. The molecule has 4 nitrogen and oxygen atoms in total. The van der Waals surface area contributed by atoms with E-state index in [0.717, 1.165) is 12.3 Å². The van der Waals surface area contributed by atoms with Gasteiger partial charge in [0.2, 0.25) is 0 Å². The Bertz CT molecular complexity index is 436. The molecule has 0 fully saturated rings. The molecule has 0 saturated carbocycles. The molecule has 0 bridgehead atoms. The molecule has 0 saturated heterocycles. The number of pyridine rings is 1. The molecule has 0 radical (unpaired) electrons. The molecule has 1 heterocycles. The second-order valence-electron chi connectivity index (χ2n) is 4.65. The summed E-state index contributed by atoms with van der Waals surface area (Å²) in [5.74, 6) is 1.11. The van der Waals surface area contributed by atoms with Crippen molar-refractivity contribution < 1.29 is 9.47 Å². The third-order valence-electron chi connectivity index (χ3n) is 2.34. The Morgan fingerprint density at radius 2 is 2.06 bits per heavy atom. The zero-order chi connectivity index (χ0) is 13.5. The van der Waals surface area contributed by atoms with Gasteiger partial charge >= 0.3 is 0 Å². The van der Waals surface area contributed by atoms with Crippen molar-refractivity contribution >= 4 is 0 Å². The number of nitriles is 1. The highest BCUT2D eigenvalue weighted by molar-refractivity contribution is 5.46. The minimum Gasteiger partial charge on any atom is -0.490 e. The first-order valence-corrected chi connectivity index (χ1v) is 6.13. The van der Waals surface area contributed by atoms with Gasteiger partial charge in [-0.3, -0.25) is 4.98 Å². The van der Waals surface area contributed by atoms with Crippen LogP contribution in [0.25, 0.3) is 0 Å². The molecule has 0 aliphatic carbocycles. The van der Waals surface area contributed by atoms with Crippen molar-refractivity contribution in [1.29, 1.82) is 5.26 Å². The van der Waals surface area contributed by atoms with Crippen LogP contribution < -0.4 is 4.74 Å². The molecule has 1 rings (SSSR count). The molecule has 1 aromatic heterocycles. The van der Waals surface area contributed by atoms with Crippen molar-refractivity contribution in [3.63, 3.8) is 0 Å². The Labute approximate surface area is 109 Å². The van der Waals surface area contributed by atoms with Crippen LogP contribution in [-0.2, 0) is 4.74 Å². The molecule has 18 heavy (non-hydrogen) atoms. The van der Waals surface area contributed by atoms with Crippen LogP contribution >= 0.6 is 0 Å². The molecule has 1 aromatic rings. The average Bonchev–Trinajstić information content (AvgIpc) is 2.27. The summed E-state index contributed by atoms with van der Waals surface area (Å²) in [5, 5.41) is 9.06. The van der Waals surface area contributed by atoms with Gasteiger partial charge < -0.3 is 9.47 Å². The Morgan fingerprint density at radius 3 is 2.67 bits per heavy atom. The van der Waals surface area contributed by atoms with Crippen LogP contribution in [0.15, 0.2) is 6.07 Å². The predicted octanol–water partition coefficient (Wildman–Crippen LogP) is 2.62. The lowest BCUT2D eigenvalue weighted by atomic mass is 10.2. The molecule has 0 unspecified atom stereocenters. The summed E-state index contributed by atoms with van der Waals surface area (Å²) in [4.78, 5) is 4.24. The van der Waals surface area contributed by atoms with E-state index in [4.69, 9.17) is 14.7 Å². The number of nitrogens with zero attached hydrogens (tertiary/aromatic N) is 2. The van der Waals surface area contributed by atoms with Crippen molar-refractivity contribution in [2.24, 2.45) is 5.92 Å². The summed E-state index contributed by atoms with van der Waals surface area (Å²) in [5.41, 5.74) is 2.06. The van der Waals surface area contributed by atoms with Crippen LogP contribution in [0, 0.1) is 31.1 Å². The molecular weight excluding hydrogens is 228 g/mol. The fraction of sp³-hybridized carbons (Fsp3) is 0.571. The highest BCUT2D eigenvalue weighted by Crippen LogP contribution is 2.21. The van der Waals surface area contributed by atoms with E-state index in [9.17, 15) is 0 Å². The van der Waals surface area contributed by atoms with Crippen molar-refractivity contribution in [2.45, 2.75) is 27.7 Å². The van der Waals surface area contributed by atoms with E-state index in [2.05, 4.69) is 24.9 Å². The van der Waals surface area contributed by atoms with Crippen molar-refractivity contribution in [3.8, 4) is 11.8 Å². The van der Waals surface area contributed by atoms with Gasteiger partial charge in [-0.1, -0.05) is 13.8 Å². The van der Waals surface area contributed by atoms with Gasteiger partial charge in [-0.25, -0.2) is 0 Å². The summed E-state index contributed by atoms with van der Waals surface area (Å²) in [6, 6.07) is 3.91. The molecule has 0 N–H and O–H groups in total. The lowest BCUT2D eigenvalue weighted by Crippen LogP contribution is -2.11. The van der Waals surface area contributed by atoms with Crippen molar-refractivity contribution in [1.82, 2.24) is 4.98 Å². The quantitative estimate of drug-likeness (QED) is 0.726. The lowest BCUT2D eigenvalue weighted by Gasteiger charge is -2.11. The van der Waals surface area contributed by atoms with E-state index >= 15 is 0 Å². The van der Waals surface area contributed by atoms with Gasteiger partial charge in [-0.05, 0) is 19.8 Å². The van der Waals surface area contributed by atoms with E-state index in [1.54, 1.807) is 6.07 Å². The van der Waals surface area contributed by atoms with E-state index in [0.29, 0.717) is 36.1 Å². The van der Waals surface area contributed by atoms with Crippen LogP contribution in [0.4, 0.5) is 0 Å². The zero-order valence-electron chi connectivity index (χ0n) is 11.5. The molecule has 0 aliphatic rings. The topological polar surface area (TPSA) is 55.1 Å². The highest BCUT2D eigenvalue weighted by atomic mass is 16.5. The fourth-order valence-corrected chi connectivity index (χ4v) is 1.57. The first-order valence-electron chi connectivity index (χ1n) is 6.13. The molecular formula is C14H20N2O2. The van der Waals surface area contributed by atoms with Crippen LogP contribution in [-0.4, -0.2) is 24.8 Å². The summed E-state index contributed by atoms with van der Waals surface area (Å²) in [6.45, 7) is 9.61. The maximum Gasteiger partial charge on any atom is 0.140 e. The summed E-state index contributed by atoms with van der Waals surface area (Å²) < 4.78 is 11.0. The van der Waals surface area contributed by atoms with Crippen molar-refractivity contribution in [2.75, 3.05) is 19.8 Å². The van der Waals surface area contributed by atoms with Crippen molar-refractivity contribution in [3.05, 3.63) is 23.0 Å². The monoisotopic (exact) mass is 248 g/mol. The minimum atomic E-state index is 0.449. The molecule has 0 atom stereocenters. The Morgan fingerprint density at radius 1 is 1.33 bits per heavy atom. The van der Waals surface area contributed by atoms with Gasteiger partial charge in [-0.2, -0.15) is 5.26 Å². The number of aryl methyl sites for hydroxylation is 2. The van der Waals surface area contributed by atoms with Gasteiger partial charge in [0.05, 0.1) is 12.3 Å². The lowest BCUT2D eigenvalue weighted by molar-refractivity contribution is 0.0817. The molecule has 4 heteroatoms. The first-order chi connectivity index (χ1) is 8.54. The number of aromatic nitrogens is 1. The van der Waals surface area contributed by atoms with Gasteiger partial charge in [0.25, 0.3) is 0 Å². The SMILES string of the molecule is Cc1cc(OCCOCC(C)C)c(C#N)c(C)n1. The molecule has 98 valence electrons. The van der Waals surface area contributed by atoms with E-state index < -0.39 is 0 Å². The van der Waals surface area contributed by atoms with Gasteiger partial charge in [0.1, 0.15) is 24.0 Å². The fourth-order valence-electron chi connectivity index (χ4n) is 1.57. The summed E-state index contributed by atoms with van der Waals surface area (Å²) in [7, 11) is 0. The third kappa shape index (κ3) is 4.34. The second kappa shape index (κ2) is 6.97. The van der Waals surface area contributed by atoms with Crippen LogP contribution in [0.5, 0.6) is 5.75 Å². The first kappa shape index (κ1) is 14.5. The molecule has 0 amide bonds. The Kier molecular flexibility index (Phi) is 5.60. The minimum absolute atomic E-state index is 0.449. The molecule has 0 spiro atoms. The Hall–Kier alpha value is -1.60. The maximum atomic E-state index is 9.06. The third-order valence-corrected chi connectivity index (χ3v) is 2.34. The van der Waals surface area contributed by atoms with E-state index in [1.807, 2.05) is 13.8 Å². The van der Waals surface area contributed by atoms with E-state index in [1.165, 1.54) is 0 Å². The number of rotatable bonds is 6. The van der Waals surface area contributed by atoms with Gasteiger partial charge in [0, 0.05) is 18.4 Å². The highest BCUT2D eigenvalue weighted by Gasteiger charge is 2.09. The van der Waals surface area contributed by atoms with Gasteiger partial charge in [0.15, 0.2) is 0 Å².